The Kier molecular flexibility index (Phi) is 13.2. The van der Waals surface area contributed by atoms with Gasteiger partial charge in [-0.05, 0) is 27.7 Å². The zero-order valence-corrected chi connectivity index (χ0v) is 24.3. The number of nitrogens with zero attached hydrogens (tertiary/aromatic N) is 3. The van der Waals surface area contributed by atoms with Crippen molar-refractivity contribution >= 4 is 17.6 Å². The average molecular weight is 554 g/mol. The van der Waals surface area contributed by atoms with Gasteiger partial charge in [-0.3, -0.25) is 28.5 Å². The number of hydrogen-bond acceptors (Lipinski definition) is 7. The van der Waals surface area contributed by atoms with Crippen LogP contribution in [0.4, 0.5) is 5.82 Å². The third-order valence-corrected chi connectivity index (χ3v) is 5.26. The van der Waals surface area contributed by atoms with Gasteiger partial charge in [0.1, 0.15) is 11.4 Å². The van der Waals surface area contributed by atoms with Crippen LogP contribution < -0.4 is 33.3 Å². The minimum atomic E-state index is -0.519. The molecule has 12 heteroatoms. The van der Waals surface area contributed by atoms with Gasteiger partial charge < -0.3 is 16.4 Å². The van der Waals surface area contributed by atoms with E-state index in [0.29, 0.717) is 5.56 Å². The summed E-state index contributed by atoms with van der Waals surface area (Å²) in [6.07, 6.45) is 3.02. The van der Waals surface area contributed by atoms with Gasteiger partial charge in [0.2, 0.25) is 11.8 Å². The molecule has 2 aromatic heterocycles. The molecule has 0 unspecified atom stereocenters. The standard InChI is InChI=1S/C14H20N4O2.C14H19N3O3/c1-9(2)13(19)16-7-5-6-11-8-18(10(3)4)14(20)17-12(11)15;1-9(2)12(18)15-7-5-6-11-8-17(10(3)4)14(20)16-13(11)19/h8-10H,7H2,1-4H3,(H,16,19)(H2,15,17,20);8-10H,7H2,1-4H3,(H,15,18)(H,16,19,20). The third kappa shape index (κ3) is 10.7. The maximum atomic E-state index is 11.6. The minimum Gasteiger partial charge on any atom is -0.382 e. The minimum absolute atomic E-state index is 0.0169. The second-order valence-electron chi connectivity index (χ2n) is 9.98. The SMILES string of the molecule is CC(C)C(=O)NCC#Cc1cn(C(C)C)c(=O)[nH]c1=O.CC(C)C(=O)NCC#Cc1cn(C(C)C)c(=O)nc1N. The quantitative estimate of drug-likeness (QED) is 0.382. The van der Waals surface area contributed by atoms with Crippen molar-refractivity contribution in [3.8, 4) is 23.7 Å². The number of rotatable bonds is 6. The van der Waals surface area contributed by atoms with Crippen molar-refractivity contribution < 1.29 is 9.59 Å². The van der Waals surface area contributed by atoms with Crippen molar-refractivity contribution in [2.45, 2.75) is 67.5 Å². The van der Waals surface area contributed by atoms with Crippen LogP contribution in [0.1, 0.15) is 78.6 Å². The Hall–Kier alpha value is -4.58. The summed E-state index contributed by atoms with van der Waals surface area (Å²) in [6, 6.07) is -0.0858. The number of amides is 2. The zero-order valence-electron chi connectivity index (χ0n) is 24.3. The highest BCUT2D eigenvalue weighted by atomic mass is 16.2. The summed E-state index contributed by atoms with van der Waals surface area (Å²) >= 11 is 0. The summed E-state index contributed by atoms with van der Waals surface area (Å²) < 4.78 is 2.87. The van der Waals surface area contributed by atoms with Gasteiger partial charge in [-0.1, -0.05) is 51.4 Å². The molecule has 2 rings (SSSR count). The van der Waals surface area contributed by atoms with E-state index in [2.05, 4.69) is 44.3 Å². The molecule has 40 heavy (non-hydrogen) atoms. The number of nitrogens with two attached hydrogens (primary N) is 1. The summed E-state index contributed by atoms with van der Waals surface area (Å²) in [5.41, 5.74) is 4.99. The van der Waals surface area contributed by atoms with Crippen LogP contribution in [0.3, 0.4) is 0 Å². The molecule has 2 heterocycles. The van der Waals surface area contributed by atoms with Gasteiger partial charge in [-0.2, -0.15) is 4.98 Å². The Balaban J connectivity index is 0.000000400. The first-order valence-electron chi connectivity index (χ1n) is 12.9. The zero-order chi connectivity index (χ0) is 30.6. The number of nitrogen functional groups attached to an aromatic ring is 1. The Morgan fingerprint density at radius 2 is 1.27 bits per heavy atom. The van der Waals surface area contributed by atoms with E-state index in [0.717, 1.165) is 0 Å². The molecule has 2 amide bonds. The van der Waals surface area contributed by atoms with E-state index in [9.17, 15) is 24.0 Å². The highest BCUT2D eigenvalue weighted by Gasteiger charge is 2.08. The maximum absolute atomic E-state index is 11.6. The van der Waals surface area contributed by atoms with Crippen LogP contribution in [-0.4, -0.2) is 44.0 Å². The number of aromatic amines is 1. The van der Waals surface area contributed by atoms with Gasteiger partial charge in [-0.15, -0.1) is 0 Å². The molecule has 216 valence electrons. The van der Waals surface area contributed by atoms with Gasteiger partial charge in [0, 0.05) is 36.3 Å². The number of carbonyl (C=O) groups is 2. The second kappa shape index (κ2) is 15.7. The number of carbonyl (C=O) groups excluding carboxylic acids is 2. The number of H-pyrrole nitrogens is 1. The Bertz CT molecular complexity index is 1490. The molecule has 0 aliphatic heterocycles. The fraction of sp³-hybridized carbons (Fsp3) is 0.500. The van der Waals surface area contributed by atoms with Crippen LogP contribution in [0.5, 0.6) is 0 Å². The molecule has 0 spiro atoms. The Morgan fingerprint density at radius 1 is 0.825 bits per heavy atom. The van der Waals surface area contributed by atoms with Crippen molar-refractivity contribution in [2.75, 3.05) is 18.8 Å². The first-order chi connectivity index (χ1) is 18.6. The number of hydrogen-bond donors (Lipinski definition) is 4. The molecule has 0 atom stereocenters. The van der Waals surface area contributed by atoms with Crippen molar-refractivity contribution in [3.05, 3.63) is 54.8 Å². The number of nitrogens with one attached hydrogen (secondary N) is 3. The van der Waals surface area contributed by atoms with Gasteiger partial charge in [0.25, 0.3) is 5.56 Å². The lowest BCUT2D eigenvalue weighted by Gasteiger charge is -2.09. The Morgan fingerprint density at radius 3 is 1.73 bits per heavy atom. The molecular weight excluding hydrogens is 514 g/mol. The van der Waals surface area contributed by atoms with Gasteiger partial charge in [0.15, 0.2) is 0 Å². The van der Waals surface area contributed by atoms with Crippen molar-refractivity contribution in [3.63, 3.8) is 0 Å². The normalized spacial score (nSPS) is 10.3. The fourth-order valence-corrected chi connectivity index (χ4v) is 2.86. The number of aromatic nitrogens is 4. The lowest BCUT2D eigenvalue weighted by atomic mass is 10.2. The smallest absolute Gasteiger partial charge is 0.349 e. The molecule has 0 bridgehead atoms. The molecule has 0 aliphatic rings. The van der Waals surface area contributed by atoms with E-state index in [1.165, 1.54) is 15.3 Å². The molecule has 0 aliphatic carbocycles. The fourth-order valence-electron chi connectivity index (χ4n) is 2.86. The van der Waals surface area contributed by atoms with Crippen LogP contribution in [0.15, 0.2) is 26.8 Å². The van der Waals surface area contributed by atoms with Crippen LogP contribution in [0.2, 0.25) is 0 Å². The summed E-state index contributed by atoms with van der Waals surface area (Å²) in [6.45, 7) is 15.0. The predicted molar refractivity (Wildman–Crippen MR) is 154 cm³/mol. The van der Waals surface area contributed by atoms with E-state index < -0.39 is 16.9 Å². The van der Waals surface area contributed by atoms with Crippen molar-refractivity contribution in [1.82, 2.24) is 29.7 Å². The van der Waals surface area contributed by atoms with E-state index in [-0.39, 0.29) is 60.2 Å². The van der Waals surface area contributed by atoms with Crippen molar-refractivity contribution in [1.29, 1.82) is 0 Å². The molecule has 0 fully saturated rings. The first kappa shape index (κ1) is 33.4. The topological polar surface area (TPSA) is 174 Å². The van der Waals surface area contributed by atoms with Gasteiger partial charge >= 0.3 is 11.4 Å². The van der Waals surface area contributed by atoms with E-state index in [1.54, 1.807) is 20.0 Å². The van der Waals surface area contributed by atoms with Gasteiger partial charge in [-0.25, -0.2) is 9.59 Å². The third-order valence-electron chi connectivity index (χ3n) is 5.26. The molecule has 12 nitrogen and oxygen atoms in total. The summed E-state index contributed by atoms with van der Waals surface area (Å²) in [7, 11) is 0. The first-order valence-corrected chi connectivity index (χ1v) is 12.9. The predicted octanol–water partition coefficient (Wildman–Crippen LogP) is 0.771. The van der Waals surface area contributed by atoms with Crippen LogP contribution in [-0.2, 0) is 9.59 Å². The lowest BCUT2D eigenvalue weighted by Crippen LogP contribution is -2.32. The van der Waals surface area contributed by atoms with Crippen LogP contribution in [0.25, 0.3) is 0 Å². The summed E-state index contributed by atoms with van der Waals surface area (Å²) in [5.74, 6) is 10.7. The average Bonchev–Trinajstić information content (AvgIpc) is 2.85. The van der Waals surface area contributed by atoms with Crippen molar-refractivity contribution in [2.24, 2.45) is 11.8 Å². The highest BCUT2D eigenvalue weighted by Crippen LogP contribution is 2.06. The van der Waals surface area contributed by atoms with E-state index in [4.69, 9.17) is 5.73 Å². The van der Waals surface area contributed by atoms with E-state index in [1.807, 2.05) is 41.5 Å². The second-order valence-corrected chi connectivity index (χ2v) is 9.98. The largest absolute Gasteiger partial charge is 0.382 e. The van der Waals surface area contributed by atoms with Crippen LogP contribution in [0, 0.1) is 35.5 Å². The molecule has 0 radical (unpaired) electrons. The monoisotopic (exact) mass is 553 g/mol. The van der Waals surface area contributed by atoms with E-state index >= 15 is 0 Å². The lowest BCUT2D eigenvalue weighted by molar-refractivity contribution is -0.124. The molecular formula is C28H39N7O5. The Labute approximate surface area is 233 Å². The highest BCUT2D eigenvalue weighted by molar-refractivity contribution is 5.78. The molecule has 0 saturated heterocycles. The molecule has 0 saturated carbocycles. The van der Waals surface area contributed by atoms with Gasteiger partial charge in [0.05, 0.1) is 18.7 Å². The summed E-state index contributed by atoms with van der Waals surface area (Å²) in [4.78, 5) is 63.3. The summed E-state index contributed by atoms with van der Waals surface area (Å²) in [5, 5.41) is 5.31. The molecule has 2 aromatic rings. The number of anilines is 1. The van der Waals surface area contributed by atoms with Crippen LogP contribution >= 0.6 is 0 Å². The molecule has 5 N–H and O–H groups in total. The maximum Gasteiger partial charge on any atom is 0.349 e. The molecule has 0 aromatic carbocycles.